The van der Waals surface area contributed by atoms with E-state index < -0.39 is 0 Å². The van der Waals surface area contributed by atoms with Gasteiger partial charge in [0.1, 0.15) is 0 Å². The zero-order chi connectivity index (χ0) is 10.2. The minimum absolute atomic E-state index is 0.0696. The molecule has 1 aromatic rings. The van der Waals surface area contributed by atoms with Crippen molar-refractivity contribution >= 4 is 0 Å². The summed E-state index contributed by atoms with van der Waals surface area (Å²) in [5.74, 6) is 2.50. The van der Waals surface area contributed by atoms with E-state index in [0.717, 1.165) is 6.42 Å². The first-order valence-electron chi connectivity index (χ1n) is 4.81. The molecule has 0 aliphatic rings. The van der Waals surface area contributed by atoms with Crippen LogP contribution in [0, 0.1) is 18.8 Å². The Kier molecular flexibility index (Phi) is 4.82. The average molecular weight is 187 g/mol. The molecule has 0 bridgehead atoms. The molecule has 73 valence electrons. The number of hydrogen-bond acceptors (Lipinski definition) is 1. The van der Waals surface area contributed by atoms with Gasteiger partial charge in [-0.05, 0) is 12.0 Å². The van der Waals surface area contributed by atoms with Gasteiger partial charge in [-0.3, -0.25) is 0 Å². The van der Waals surface area contributed by atoms with Crippen molar-refractivity contribution in [1.82, 2.24) is 0 Å². The Bertz CT molecular complexity index is 284. The summed E-state index contributed by atoms with van der Waals surface area (Å²) >= 11 is 0. The molecule has 1 radical (unpaired) electrons. The Morgan fingerprint density at radius 3 is 2.71 bits per heavy atom. The van der Waals surface area contributed by atoms with E-state index in [1.54, 1.807) is 6.42 Å². The molecule has 0 spiro atoms. The quantitative estimate of drug-likeness (QED) is 0.644. The molecule has 0 fully saturated rings. The minimum atomic E-state index is 0.0696. The van der Waals surface area contributed by atoms with E-state index in [1.807, 2.05) is 30.3 Å². The van der Waals surface area contributed by atoms with Crippen LogP contribution in [0.5, 0.6) is 0 Å². The van der Waals surface area contributed by atoms with Crippen LogP contribution in [-0.4, -0.2) is 6.10 Å². The van der Waals surface area contributed by atoms with E-state index in [2.05, 4.69) is 12.8 Å². The predicted molar refractivity (Wildman–Crippen MR) is 58.4 cm³/mol. The van der Waals surface area contributed by atoms with E-state index in [4.69, 9.17) is 11.2 Å². The van der Waals surface area contributed by atoms with Crippen molar-refractivity contribution in [2.75, 3.05) is 0 Å². The van der Waals surface area contributed by atoms with Crippen molar-refractivity contribution in [2.24, 2.45) is 0 Å². The van der Waals surface area contributed by atoms with Gasteiger partial charge in [-0.25, -0.2) is 0 Å². The maximum absolute atomic E-state index is 5.62. The van der Waals surface area contributed by atoms with Crippen molar-refractivity contribution in [2.45, 2.75) is 26.1 Å². The average Bonchev–Trinajstić information content (AvgIpc) is 2.25. The molecule has 1 aromatic carbocycles. The van der Waals surface area contributed by atoms with Crippen molar-refractivity contribution < 1.29 is 4.74 Å². The molecule has 0 heterocycles. The topological polar surface area (TPSA) is 9.23 Å². The molecule has 0 amide bonds. The summed E-state index contributed by atoms with van der Waals surface area (Å²) in [6.07, 6.45) is 7.92. The second-order valence-electron chi connectivity index (χ2n) is 3.08. The third kappa shape index (κ3) is 3.64. The van der Waals surface area contributed by atoms with E-state index >= 15 is 0 Å². The van der Waals surface area contributed by atoms with Crippen molar-refractivity contribution in [3.63, 3.8) is 0 Å². The summed E-state index contributed by atoms with van der Waals surface area (Å²) in [6, 6.07) is 10.1. The van der Waals surface area contributed by atoms with E-state index in [1.165, 1.54) is 5.56 Å². The smallest absolute Gasteiger partial charge is 0.0727 e. The first kappa shape index (κ1) is 10.8. The van der Waals surface area contributed by atoms with Crippen LogP contribution in [0.1, 0.15) is 18.9 Å². The summed E-state index contributed by atoms with van der Waals surface area (Å²) in [5.41, 5.74) is 1.18. The number of rotatable bonds is 5. The van der Waals surface area contributed by atoms with Crippen molar-refractivity contribution in [3.8, 4) is 12.3 Å². The van der Waals surface area contributed by atoms with Gasteiger partial charge in [0.2, 0.25) is 0 Å². The maximum Gasteiger partial charge on any atom is 0.0727 e. The van der Waals surface area contributed by atoms with E-state index in [-0.39, 0.29) is 6.10 Å². The normalized spacial score (nSPS) is 12.0. The van der Waals surface area contributed by atoms with Crippen LogP contribution in [0.4, 0.5) is 0 Å². The van der Waals surface area contributed by atoms with Gasteiger partial charge in [-0.1, -0.05) is 43.2 Å². The summed E-state index contributed by atoms with van der Waals surface area (Å²) < 4.78 is 5.62. The molecule has 0 aromatic heterocycles. The highest BCUT2D eigenvalue weighted by Gasteiger charge is 2.04. The highest BCUT2D eigenvalue weighted by Crippen LogP contribution is 2.07. The molecule has 1 rings (SSSR count). The second kappa shape index (κ2) is 6.23. The van der Waals surface area contributed by atoms with Gasteiger partial charge >= 0.3 is 0 Å². The summed E-state index contributed by atoms with van der Waals surface area (Å²) in [4.78, 5) is 0. The number of benzene rings is 1. The molecular formula is C13H15O. The van der Waals surface area contributed by atoms with Crippen LogP contribution >= 0.6 is 0 Å². The van der Waals surface area contributed by atoms with Crippen LogP contribution in [0.2, 0.25) is 0 Å². The maximum atomic E-state index is 5.62. The molecule has 1 nitrogen and oxygen atoms in total. The van der Waals surface area contributed by atoms with Gasteiger partial charge in [0.25, 0.3) is 0 Å². The molecule has 14 heavy (non-hydrogen) atoms. The fourth-order valence-electron chi connectivity index (χ4n) is 1.17. The zero-order valence-corrected chi connectivity index (χ0v) is 8.44. The van der Waals surface area contributed by atoms with Crippen LogP contribution in [0.15, 0.2) is 30.3 Å². The summed E-state index contributed by atoms with van der Waals surface area (Å²) in [7, 11) is 0. The molecular weight excluding hydrogens is 172 g/mol. The number of ether oxygens (including phenoxy) is 1. The van der Waals surface area contributed by atoms with Gasteiger partial charge in [0, 0.05) is 0 Å². The molecule has 1 heteroatoms. The molecule has 0 saturated heterocycles. The van der Waals surface area contributed by atoms with Crippen LogP contribution in [0.3, 0.4) is 0 Å². The highest BCUT2D eigenvalue weighted by atomic mass is 16.5. The second-order valence-corrected chi connectivity index (χ2v) is 3.08. The molecule has 1 unspecified atom stereocenters. The Balaban J connectivity index is 2.36. The van der Waals surface area contributed by atoms with Gasteiger partial charge in [-0.2, -0.15) is 0 Å². The molecule has 0 aliphatic carbocycles. The monoisotopic (exact) mass is 187 g/mol. The van der Waals surface area contributed by atoms with E-state index in [9.17, 15) is 0 Å². The Morgan fingerprint density at radius 1 is 1.43 bits per heavy atom. The SMILES string of the molecule is C#C[CH]C(CC)OCc1ccccc1. The van der Waals surface area contributed by atoms with Crippen molar-refractivity contribution in [3.05, 3.63) is 42.3 Å². The lowest BCUT2D eigenvalue weighted by molar-refractivity contribution is 0.0628. The lowest BCUT2D eigenvalue weighted by Gasteiger charge is -2.12. The fourth-order valence-corrected chi connectivity index (χ4v) is 1.17. The summed E-state index contributed by atoms with van der Waals surface area (Å²) in [6.45, 7) is 2.68. The lowest BCUT2D eigenvalue weighted by Crippen LogP contribution is -2.11. The van der Waals surface area contributed by atoms with Gasteiger partial charge in [0.15, 0.2) is 0 Å². The van der Waals surface area contributed by atoms with Crippen LogP contribution < -0.4 is 0 Å². The summed E-state index contributed by atoms with van der Waals surface area (Å²) in [5, 5.41) is 0. The lowest BCUT2D eigenvalue weighted by atomic mass is 10.2. The molecule has 0 saturated carbocycles. The van der Waals surface area contributed by atoms with Crippen LogP contribution in [-0.2, 0) is 11.3 Å². The molecule has 1 atom stereocenters. The fraction of sp³-hybridized carbons (Fsp3) is 0.308. The first-order chi connectivity index (χ1) is 6.86. The first-order valence-corrected chi connectivity index (χ1v) is 4.81. The van der Waals surface area contributed by atoms with Crippen LogP contribution in [0.25, 0.3) is 0 Å². The minimum Gasteiger partial charge on any atom is -0.372 e. The Labute approximate surface area is 86.1 Å². The third-order valence-electron chi connectivity index (χ3n) is 1.99. The van der Waals surface area contributed by atoms with Crippen molar-refractivity contribution in [1.29, 1.82) is 0 Å². The number of terminal acetylenes is 1. The number of hydrogen-bond donors (Lipinski definition) is 0. The standard InChI is InChI=1S/C13H15O/c1-3-8-13(4-2)14-11-12-9-6-5-7-10-12/h1,5-10,13H,4,11H2,2H3. The Hall–Kier alpha value is -1.26. The predicted octanol–water partition coefficient (Wildman–Crippen LogP) is 2.82. The Morgan fingerprint density at radius 2 is 2.14 bits per heavy atom. The van der Waals surface area contributed by atoms with Gasteiger partial charge in [-0.15, -0.1) is 6.42 Å². The molecule has 0 N–H and O–H groups in total. The van der Waals surface area contributed by atoms with Gasteiger partial charge < -0.3 is 4.74 Å². The highest BCUT2D eigenvalue weighted by molar-refractivity contribution is 5.13. The largest absolute Gasteiger partial charge is 0.372 e. The third-order valence-corrected chi connectivity index (χ3v) is 1.99. The van der Waals surface area contributed by atoms with E-state index in [0.29, 0.717) is 6.61 Å². The van der Waals surface area contributed by atoms with Gasteiger partial charge in [0.05, 0.1) is 19.1 Å². The molecule has 0 aliphatic heterocycles. The zero-order valence-electron chi connectivity index (χ0n) is 8.44.